The number of alkyl halides is 1. The molecule has 2 N–H and O–H groups in total. The Morgan fingerprint density at radius 2 is 1.85 bits per heavy atom. The van der Waals surface area contributed by atoms with Crippen LogP contribution in [0.1, 0.15) is 59.7 Å². The van der Waals surface area contributed by atoms with E-state index in [1.807, 2.05) is 68.4 Å². The third-order valence-corrected chi connectivity index (χ3v) is 7.41. The van der Waals surface area contributed by atoms with E-state index in [0.717, 1.165) is 46.5 Å². The standard InChI is InChI=1S/C31H34FN5OS/c1-19-7-6-8-20(2)27(19)34-30(39)35-33-18-21-9-15-25-23(17-21)12-16-26-28(25)36-37(5)29(26)22-10-13-24(14-11-22)38-31(3,4)32/h6-11,13-15,17-18,26,29H,12,16H2,1-5H3,(H2,34,35,39)/b33-18+. The van der Waals surface area contributed by atoms with Crippen molar-refractivity contribution in [1.82, 2.24) is 10.4 Å². The lowest BCUT2D eigenvalue weighted by Crippen LogP contribution is -2.27. The van der Waals surface area contributed by atoms with Gasteiger partial charge in [0.05, 0.1) is 18.0 Å². The summed E-state index contributed by atoms with van der Waals surface area (Å²) >= 11 is 5.43. The van der Waals surface area contributed by atoms with Crippen LogP contribution in [-0.2, 0) is 6.42 Å². The summed E-state index contributed by atoms with van der Waals surface area (Å²) in [5.41, 5.74) is 11.9. The van der Waals surface area contributed by atoms with E-state index < -0.39 is 5.85 Å². The Bertz CT molecular complexity index is 1420. The number of hydrazone groups is 2. The van der Waals surface area contributed by atoms with Crippen LogP contribution < -0.4 is 15.5 Å². The molecule has 39 heavy (non-hydrogen) atoms. The van der Waals surface area contributed by atoms with Crippen LogP contribution in [0.2, 0.25) is 0 Å². The second-order valence-corrected chi connectivity index (χ2v) is 11.1. The van der Waals surface area contributed by atoms with Gasteiger partial charge >= 0.3 is 0 Å². The van der Waals surface area contributed by atoms with Crippen LogP contribution in [0.15, 0.2) is 70.9 Å². The van der Waals surface area contributed by atoms with E-state index >= 15 is 0 Å². The highest BCUT2D eigenvalue weighted by molar-refractivity contribution is 7.80. The molecule has 2 aliphatic rings. The van der Waals surface area contributed by atoms with Crippen LogP contribution >= 0.6 is 12.2 Å². The quantitative estimate of drug-likeness (QED) is 0.207. The molecule has 0 saturated carbocycles. The van der Waals surface area contributed by atoms with Crippen LogP contribution in [-0.4, -0.2) is 35.0 Å². The average Bonchev–Trinajstić information content (AvgIpc) is 3.22. The van der Waals surface area contributed by atoms with Crippen molar-refractivity contribution >= 4 is 34.9 Å². The number of aryl methyl sites for hydroxylation is 3. The van der Waals surface area contributed by atoms with E-state index in [-0.39, 0.29) is 6.04 Å². The van der Waals surface area contributed by atoms with Gasteiger partial charge in [-0.05, 0) is 84.9 Å². The van der Waals surface area contributed by atoms with E-state index in [2.05, 4.69) is 34.0 Å². The molecule has 0 spiro atoms. The van der Waals surface area contributed by atoms with Gasteiger partial charge < -0.3 is 10.1 Å². The van der Waals surface area contributed by atoms with E-state index in [1.54, 1.807) is 6.21 Å². The second kappa shape index (κ2) is 10.8. The minimum atomic E-state index is -1.71. The monoisotopic (exact) mass is 543 g/mol. The number of anilines is 1. The average molecular weight is 544 g/mol. The van der Waals surface area contributed by atoms with Crippen molar-refractivity contribution in [2.24, 2.45) is 16.1 Å². The Kier molecular flexibility index (Phi) is 7.40. The molecule has 6 nitrogen and oxygen atoms in total. The van der Waals surface area contributed by atoms with Gasteiger partial charge in [-0.3, -0.25) is 10.4 Å². The van der Waals surface area contributed by atoms with Gasteiger partial charge in [0, 0.05) is 38.1 Å². The number of thiocarbonyl (C=S) groups is 1. The molecule has 0 fully saturated rings. The van der Waals surface area contributed by atoms with Crippen molar-refractivity contribution in [2.75, 3.05) is 12.4 Å². The van der Waals surface area contributed by atoms with Gasteiger partial charge in [-0.25, -0.2) is 0 Å². The van der Waals surface area contributed by atoms with Crippen LogP contribution in [0, 0.1) is 19.8 Å². The molecule has 5 rings (SSSR count). The maximum Gasteiger partial charge on any atom is 0.242 e. The lowest BCUT2D eigenvalue weighted by atomic mass is 9.77. The maximum atomic E-state index is 13.9. The highest BCUT2D eigenvalue weighted by Crippen LogP contribution is 2.43. The SMILES string of the molecule is Cc1cccc(C)c1NC(=S)N/N=C/c1ccc2c(c1)CCC1C2=NN(C)C1c1ccc(OC(C)(C)F)cc1. The van der Waals surface area contributed by atoms with E-state index in [9.17, 15) is 4.39 Å². The fraction of sp³-hybridized carbons (Fsp3) is 0.323. The van der Waals surface area contributed by atoms with Gasteiger partial charge in [0.15, 0.2) is 5.11 Å². The molecule has 0 amide bonds. The van der Waals surface area contributed by atoms with E-state index in [1.165, 1.54) is 25.0 Å². The lowest BCUT2D eigenvalue weighted by molar-refractivity contribution is -0.0257. The summed E-state index contributed by atoms with van der Waals surface area (Å²) in [5, 5.41) is 15.0. The van der Waals surface area contributed by atoms with Crippen LogP contribution in [0.3, 0.4) is 0 Å². The number of hydrogen-bond donors (Lipinski definition) is 2. The molecule has 8 heteroatoms. The Morgan fingerprint density at radius 3 is 2.54 bits per heavy atom. The molecule has 202 valence electrons. The van der Waals surface area contributed by atoms with E-state index in [4.69, 9.17) is 22.1 Å². The van der Waals surface area contributed by atoms with Crippen molar-refractivity contribution in [3.63, 3.8) is 0 Å². The van der Waals surface area contributed by atoms with Crippen LogP contribution in [0.5, 0.6) is 5.75 Å². The number of fused-ring (bicyclic) bond motifs is 3. The third kappa shape index (κ3) is 5.96. The molecule has 0 radical (unpaired) electrons. The summed E-state index contributed by atoms with van der Waals surface area (Å²) in [7, 11) is 2.02. The van der Waals surface area contributed by atoms with Crippen LogP contribution in [0.25, 0.3) is 0 Å². The molecule has 0 aromatic heterocycles. The molecule has 2 atom stereocenters. The van der Waals surface area contributed by atoms with Gasteiger partial charge in [0.1, 0.15) is 5.75 Å². The normalized spacial score (nSPS) is 18.4. The van der Waals surface area contributed by atoms with Crippen molar-refractivity contribution in [3.05, 3.63) is 94.0 Å². The highest BCUT2D eigenvalue weighted by Gasteiger charge is 2.40. The summed E-state index contributed by atoms with van der Waals surface area (Å²) in [6, 6.07) is 20.4. The zero-order valence-electron chi connectivity index (χ0n) is 23.0. The number of nitrogens with one attached hydrogen (secondary N) is 2. The number of para-hydroxylation sites is 1. The number of ether oxygens (including phenoxy) is 1. The predicted molar refractivity (Wildman–Crippen MR) is 160 cm³/mol. The van der Waals surface area contributed by atoms with Gasteiger partial charge in [-0.2, -0.15) is 14.6 Å². The zero-order chi connectivity index (χ0) is 27.7. The Balaban J connectivity index is 1.25. The summed E-state index contributed by atoms with van der Waals surface area (Å²) in [6.45, 7) is 6.90. The summed E-state index contributed by atoms with van der Waals surface area (Å²) in [6.07, 6.45) is 3.75. The molecular weight excluding hydrogens is 509 g/mol. The first-order chi connectivity index (χ1) is 18.6. The third-order valence-electron chi connectivity index (χ3n) is 7.21. The van der Waals surface area contributed by atoms with Gasteiger partial charge in [-0.15, -0.1) is 0 Å². The van der Waals surface area contributed by atoms with E-state index in [0.29, 0.717) is 16.8 Å². The fourth-order valence-corrected chi connectivity index (χ4v) is 5.66. The smallest absolute Gasteiger partial charge is 0.242 e. The number of nitrogens with zero attached hydrogens (tertiary/aromatic N) is 3. The zero-order valence-corrected chi connectivity index (χ0v) is 23.8. The van der Waals surface area contributed by atoms with Crippen molar-refractivity contribution < 1.29 is 9.13 Å². The first-order valence-corrected chi connectivity index (χ1v) is 13.6. The molecular formula is C31H34FN5OS. The molecule has 0 saturated heterocycles. The second-order valence-electron chi connectivity index (χ2n) is 10.7. The van der Waals surface area contributed by atoms with Crippen molar-refractivity contribution in [3.8, 4) is 5.75 Å². The van der Waals surface area contributed by atoms with Gasteiger partial charge in [-0.1, -0.05) is 42.5 Å². The minimum absolute atomic E-state index is 0.136. The molecule has 1 heterocycles. The number of rotatable bonds is 6. The maximum absolute atomic E-state index is 13.9. The molecule has 1 aliphatic heterocycles. The summed E-state index contributed by atoms with van der Waals surface area (Å²) in [4.78, 5) is 0. The Hall–Kier alpha value is -3.78. The number of hydrogen-bond acceptors (Lipinski definition) is 5. The van der Waals surface area contributed by atoms with Crippen molar-refractivity contribution in [1.29, 1.82) is 0 Å². The Labute approximate surface area is 235 Å². The summed E-state index contributed by atoms with van der Waals surface area (Å²) in [5.74, 6) is -0.897. The topological polar surface area (TPSA) is 61.2 Å². The minimum Gasteiger partial charge on any atom is -0.459 e. The molecule has 3 aromatic rings. The van der Waals surface area contributed by atoms with Gasteiger partial charge in [0.25, 0.3) is 0 Å². The van der Waals surface area contributed by atoms with Gasteiger partial charge in [0.2, 0.25) is 5.85 Å². The lowest BCUT2D eigenvalue weighted by Gasteiger charge is -2.29. The predicted octanol–water partition coefficient (Wildman–Crippen LogP) is 6.66. The summed E-state index contributed by atoms with van der Waals surface area (Å²) < 4.78 is 19.2. The first-order valence-electron chi connectivity index (χ1n) is 13.2. The Morgan fingerprint density at radius 1 is 1.13 bits per heavy atom. The molecule has 2 unspecified atom stereocenters. The molecule has 3 aromatic carbocycles. The molecule has 1 aliphatic carbocycles. The largest absolute Gasteiger partial charge is 0.459 e. The van der Waals surface area contributed by atoms with Crippen LogP contribution in [0.4, 0.5) is 10.1 Å². The first kappa shape index (κ1) is 26.8. The highest BCUT2D eigenvalue weighted by atomic mass is 32.1. The number of halogens is 1. The van der Waals surface area contributed by atoms with Crippen molar-refractivity contribution in [2.45, 2.75) is 52.4 Å². The fourth-order valence-electron chi connectivity index (χ4n) is 5.51. The number of benzene rings is 3. The molecule has 0 bridgehead atoms.